The second-order valence-electron chi connectivity index (χ2n) is 5.28. The van der Waals surface area contributed by atoms with Crippen molar-refractivity contribution < 1.29 is 19.0 Å². The van der Waals surface area contributed by atoms with E-state index < -0.39 is 0 Å². The summed E-state index contributed by atoms with van der Waals surface area (Å²) in [5.41, 5.74) is 1.50. The Morgan fingerprint density at radius 3 is 2.75 bits per heavy atom. The quantitative estimate of drug-likeness (QED) is 0.874. The molecule has 24 heavy (non-hydrogen) atoms. The van der Waals surface area contributed by atoms with Crippen LogP contribution in [0.15, 0.2) is 48.5 Å². The summed E-state index contributed by atoms with van der Waals surface area (Å²) in [4.78, 5) is 12.1. The highest BCUT2D eigenvalue weighted by Gasteiger charge is 2.11. The number of carbonyl (C=O) groups excluding carboxylic acids is 1. The predicted octanol–water partition coefficient (Wildman–Crippen LogP) is 3.51. The Kier molecular flexibility index (Phi) is 5.01. The van der Waals surface area contributed by atoms with E-state index in [4.69, 9.17) is 14.2 Å². The van der Waals surface area contributed by atoms with Crippen molar-refractivity contribution in [3.63, 3.8) is 0 Å². The van der Waals surface area contributed by atoms with Crippen LogP contribution in [0.5, 0.6) is 17.2 Å². The summed E-state index contributed by atoms with van der Waals surface area (Å²) in [6.45, 7) is 1.25. The predicted molar refractivity (Wildman–Crippen MR) is 92.7 cm³/mol. The molecule has 0 atom stereocenters. The van der Waals surface area contributed by atoms with E-state index in [1.54, 1.807) is 31.4 Å². The molecule has 0 saturated carbocycles. The number of benzene rings is 2. The molecule has 0 radical (unpaired) electrons. The van der Waals surface area contributed by atoms with Gasteiger partial charge in [0.05, 0.1) is 20.3 Å². The van der Waals surface area contributed by atoms with Gasteiger partial charge >= 0.3 is 0 Å². The number of para-hydroxylation sites is 1. The third-order valence-electron chi connectivity index (χ3n) is 3.57. The fourth-order valence-corrected chi connectivity index (χ4v) is 2.39. The molecule has 1 aliphatic rings. The lowest BCUT2D eigenvalue weighted by atomic mass is 10.2. The Morgan fingerprint density at radius 1 is 1.12 bits per heavy atom. The van der Waals surface area contributed by atoms with Crippen molar-refractivity contribution in [3.8, 4) is 17.2 Å². The molecule has 5 heteroatoms. The summed E-state index contributed by atoms with van der Waals surface area (Å²) in [5, 5.41) is 2.82. The first-order chi connectivity index (χ1) is 11.8. The summed E-state index contributed by atoms with van der Waals surface area (Å²) < 4.78 is 16.4. The van der Waals surface area contributed by atoms with Crippen molar-refractivity contribution >= 4 is 17.7 Å². The first-order valence-corrected chi connectivity index (χ1v) is 7.78. The standard InChI is InChI=1S/C19H19NO4/c1-22-16-6-3-2-5-14(16)7-10-19(21)20-15-8-9-17-18(13-15)24-12-4-11-23-17/h2-3,5-10,13H,4,11-12H2,1H3,(H,20,21)/b10-7+. The molecule has 1 amide bonds. The minimum atomic E-state index is -0.226. The molecule has 0 spiro atoms. The molecule has 0 bridgehead atoms. The lowest BCUT2D eigenvalue weighted by Gasteiger charge is -2.09. The van der Waals surface area contributed by atoms with Gasteiger partial charge in [-0.1, -0.05) is 18.2 Å². The Bertz CT molecular complexity index is 755. The molecule has 0 unspecified atom stereocenters. The van der Waals surface area contributed by atoms with E-state index in [0.29, 0.717) is 30.4 Å². The van der Waals surface area contributed by atoms with E-state index in [9.17, 15) is 4.79 Å². The zero-order chi connectivity index (χ0) is 16.8. The summed E-state index contributed by atoms with van der Waals surface area (Å²) in [6, 6.07) is 12.9. The van der Waals surface area contributed by atoms with Crippen LogP contribution in [-0.2, 0) is 4.79 Å². The lowest BCUT2D eigenvalue weighted by molar-refractivity contribution is -0.111. The van der Waals surface area contributed by atoms with Gasteiger partial charge in [-0.3, -0.25) is 4.79 Å². The molecule has 5 nitrogen and oxygen atoms in total. The van der Waals surface area contributed by atoms with Gasteiger partial charge in [0.25, 0.3) is 0 Å². The number of fused-ring (bicyclic) bond motifs is 1. The number of rotatable bonds is 4. The van der Waals surface area contributed by atoms with E-state index in [0.717, 1.165) is 17.7 Å². The van der Waals surface area contributed by atoms with Crippen molar-refractivity contribution in [2.75, 3.05) is 25.6 Å². The number of nitrogens with one attached hydrogen (secondary N) is 1. The Labute approximate surface area is 140 Å². The molecular weight excluding hydrogens is 306 g/mol. The van der Waals surface area contributed by atoms with Crippen LogP contribution in [-0.4, -0.2) is 26.2 Å². The topological polar surface area (TPSA) is 56.8 Å². The van der Waals surface area contributed by atoms with Crippen LogP contribution in [0.1, 0.15) is 12.0 Å². The number of hydrogen-bond acceptors (Lipinski definition) is 4. The minimum absolute atomic E-state index is 0.226. The molecule has 1 N–H and O–H groups in total. The fourth-order valence-electron chi connectivity index (χ4n) is 2.39. The second-order valence-corrected chi connectivity index (χ2v) is 5.28. The number of ether oxygens (including phenoxy) is 3. The number of hydrogen-bond donors (Lipinski definition) is 1. The summed E-state index contributed by atoms with van der Waals surface area (Å²) in [6.07, 6.45) is 4.04. The first-order valence-electron chi connectivity index (χ1n) is 7.78. The molecule has 124 valence electrons. The SMILES string of the molecule is COc1ccccc1/C=C/C(=O)Nc1ccc2c(c1)OCCCO2. The molecule has 0 saturated heterocycles. The average molecular weight is 325 g/mol. The van der Waals surface area contributed by atoms with Gasteiger partial charge in [0.2, 0.25) is 5.91 Å². The summed E-state index contributed by atoms with van der Waals surface area (Å²) >= 11 is 0. The Balaban J connectivity index is 1.68. The van der Waals surface area contributed by atoms with Crippen LogP contribution < -0.4 is 19.5 Å². The molecule has 0 aromatic heterocycles. The van der Waals surface area contributed by atoms with Gasteiger partial charge in [-0.05, 0) is 24.3 Å². The molecule has 1 heterocycles. The maximum absolute atomic E-state index is 12.1. The third-order valence-corrected chi connectivity index (χ3v) is 3.57. The molecule has 0 aliphatic carbocycles. The number of carbonyl (C=O) groups is 1. The normalized spacial score (nSPS) is 13.4. The van der Waals surface area contributed by atoms with Crippen LogP contribution in [0.2, 0.25) is 0 Å². The van der Waals surface area contributed by atoms with E-state index in [2.05, 4.69) is 5.32 Å². The second kappa shape index (κ2) is 7.55. The minimum Gasteiger partial charge on any atom is -0.496 e. The molecule has 3 rings (SSSR count). The van der Waals surface area contributed by atoms with Crippen molar-refractivity contribution in [1.82, 2.24) is 0 Å². The molecule has 2 aromatic rings. The van der Waals surface area contributed by atoms with Crippen molar-refractivity contribution in [2.45, 2.75) is 6.42 Å². The Morgan fingerprint density at radius 2 is 1.92 bits per heavy atom. The van der Waals surface area contributed by atoms with Crippen molar-refractivity contribution in [2.24, 2.45) is 0 Å². The van der Waals surface area contributed by atoms with Gasteiger partial charge in [0.15, 0.2) is 11.5 Å². The lowest BCUT2D eigenvalue weighted by Crippen LogP contribution is -2.08. The van der Waals surface area contributed by atoms with E-state index in [1.165, 1.54) is 6.08 Å². The van der Waals surface area contributed by atoms with Gasteiger partial charge in [0, 0.05) is 29.8 Å². The van der Waals surface area contributed by atoms with Crippen molar-refractivity contribution in [1.29, 1.82) is 0 Å². The highest BCUT2D eigenvalue weighted by molar-refractivity contribution is 6.02. The maximum atomic E-state index is 12.1. The highest BCUT2D eigenvalue weighted by atomic mass is 16.5. The van der Waals surface area contributed by atoms with E-state index in [-0.39, 0.29) is 5.91 Å². The fraction of sp³-hybridized carbons (Fsp3) is 0.211. The van der Waals surface area contributed by atoms with Gasteiger partial charge < -0.3 is 19.5 Å². The number of anilines is 1. The molecular formula is C19H19NO4. The van der Waals surface area contributed by atoms with E-state index >= 15 is 0 Å². The molecule has 0 fully saturated rings. The van der Waals surface area contributed by atoms with Gasteiger partial charge in [-0.2, -0.15) is 0 Å². The van der Waals surface area contributed by atoms with Gasteiger partial charge in [-0.25, -0.2) is 0 Å². The number of amides is 1. The monoisotopic (exact) mass is 325 g/mol. The maximum Gasteiger partial charge on any atom is 0.248 e. The average Bonchev–Trinajstić information content (AvgIpc) is 2.85. The van der Waals surface area contributed by atoms with Crippen LogP contribution >= 0.6 is 0 Å². The summed E-state index contributed by atoms with van der Waals surface area (Å²) in [5.74, 6) is 1.85. The summed E-state index contributed by atoms with van der Waals surface area (Å²) in [7, 11) is 1.60. The Hall–Kier alpha value is -2.95. The first kappa shape index (κ1) is 15.9. The van der Waals surface area contributed by atoms with Crippen LogP contribution in [0, 0.1) is 0 Å². The van der Waals surface area contributed by atoms with E-state index in [1.807, 2.05) is 24.3 Å². The highest BCUT2D eigenvalue weighted by Crippen LogP contribution is 2.32. The largest absolute Gasteiger partial charge is 0.496 e. The molecule has 2 aromatic carbocycles. The van der Waals surface area contributed by atoms with Gasteiger partial charge in [-0.15, -0.1) is 0 Å². The van der Waals surface area contributed by atoms with Gasteiger partial charge in [0.1, 0.15) is 5.75 Å². The smallest absolute Gasteiger partial charge is 0.248 e. The van der Waals surface area contributed by atoms with Crippen LogP contribution in [0.3, 0.4) is 0 Å². The zero-order valence-corrected chi connectivity index (χ0v) is 13.5. The molecule has 1 aliphatic heterocycles. The third kappa shape index (κ3) is 3.87. The van der Waals surface area contributed by atoms with Crippen LogP contribution in [0.4, 0.5) is 5.69 Å². The zero-order valence-electron chi connectivity index (χ0n) is 13.5. The van der Waals surface area contributed by atoms with Crippen molar-refractivity contribution in [3.05, 3.63) is 54.1 Å². The number of methoxy groups -OCH3 is 1. The van der Waals surface area contributed by atoms with Crippen LogP contribution in [0.25, 0.3) is 6.08 Å².